The minimum atomic E-state index is -0.219. The van der Waals surface area contributed by atoms with E-state index in [0.717, 1.165) is 22.0 Å². The summed E-state index contributed by atoms with van der Waals surface area (Å²) in [4.78, 5) is 13.9. The second-order valence-corrected chi connectivity index (χ2v) is 5.57. The summed E-state index contributed by atoms with van der Waals surface area (Å²) in [5.74, 6) is 0. The predicted molar refractivity (Wildman–Crippen MR) is 92.9 cm³/mol. The van der Waals surface area contributed by atoms with Gasteiger partial charge in [-0.1, -0.05) is 35.9 Å². The Kier molecular flexibility index (Phi) is 5.67. The summed E-state index contributed by atoms with van der Waals surface area (Å²) in [6.45, 7) is 0.531. The highest BCUT2D eigenvalue weighted by Gasteiger charge is 2.04. The average molecular weight is 318 g/mol. The summed E-state index contributed by atoms with van der Waals surface area (Å²) < 4.78 is 0. The lowest BCUT2D eigenvalue weighted by molar-refractivity contribution is 0.252. The van der Waals surface area contributed by atoms with Crippen molar-refractivity contribution in [2.45, 2.75) is 6.42 Å². The van der Waals surface area contributed by atoms with Gasteiger partial charge in [0.15, 0.2) is 0 Å². The van der Waals surface area contributed by atoms with Crippen LogP contribution in [-0.4, -0.2) is 26.7 Å². The molecule has 0 radical (unpaired) electrons. The van der Waals surface area contributed by atoms with E-state index in [2.05, 4.69) is 10.6 Å². The number of nitrogens with zero attached hydrogens (tertiary/aromatic N) is 1. The summed E-state index contributed by atoms with van der Waals surface area (Å²) in [5.41, 5.74) is 2.83. The second kappa shape index (κ2) is 7.71. The normalized spacial score (nSPS) is 10.1. The van der Waals surface area contributed by atoms with Crippen LogP contribution in [0.25, 0.3) is 0 Å². The van der Waals surface area contributed by atoms with E-state index in [-0.39, 0.29) is 6.03 Å². The highest BCUT2D eigenvalue weighted by molar-refractivity contribution is 6.31. The summed E-state index contributed by atoms with van der Waals surface area (Å²) in [7, 11) is 3.92. The molecule has 2 aromatic carbocycles. The van der Waals surface area contributed by atoms with Crippen molar-refractivity contribution in [3.05, 3.63) is 59.1 Å². The third-order valence-corrected chi connectivity index (χ3v) is 3.63. The van der Waals surface area contributed by atoms with Crippen LogP contribution in [0, 0.1) is 0 Å². The van der Waals surface area contributed by atoms with Crippen LogP contribution in [0.4, 0.5) is 16.2 Å². The van der Waals surface area contributed by atoms with Gasteiger partial charge in [-0.2, -0.15) is 0 Å². The summed E-state index contributed by atoms with van der Waals surface area (Å²) in [5, 5.41) is 6.39. The molecule has 0 fully saturated rings. The minimum absolute atomic E-state index is 0.219. The number of hydrogen-bond donors (Lipinski definition) is 2. The van der Waals surface area contributed by atoms with E-state index in [4.69, 9.17) is 11.6 Å². The van der Waals surface area contributed by atoms with Gasteiger partial charge in [0.25, 0.3) is 0 Å². The van der Waals surface area contributed by atoms with Gasteiger partial charge in [0.1, 0.15) is 0 Å². The molecule has 2 N–H and O–H groups in total. The topological polar surface area (TPSA) is 44.4 Å². The van der Waals surface area contributed by atoms with Crippen LogP contribution in [0.3, 0.4) is 0 Å². The van der Waals surface area contributed by atoms with Crippen molar-refractivity contribution in [2.24, 2.45) is 0 Å². The van der Waals surface area contributed by atoms with Gasteiger partial charge in [-0.05, 0) is 36.2 Å². The third kappa shape index (κ3) is 4.67. The first-order valence-corrected chi connectivity index (χ1v) is 7.49. The van der Waals surface area contributed by atoms with Crippen LogP contribution >= 0.6 is 11.6 Å². The lowest BCUT2D eigenvalue weighted by Crippen LogP contribution is -2.30. The van der Waals surface area contributed by atoms with Gasteiger partial charge < -0.3 is 15.5 Å². The molecule has 0 atom stereocenters. The van der Waals surface area contributed by atoms with Crippen molar-refractivity contribution < 1.29 is 4.79 Å². The number of urea groups is 1. The fraction of sp³-hybridized carbons (Fsp3) is 0.235. The zero-order chi connectivity index (χ0) is 15.9. The van der Waals surface area contributed by atoms with Gasteiger partial charge in [-0.25, -0.2) is 4.79 Å². The molecule has 0 aliphatic heterocycles. The Bertz CT molecular complexity index is 643. The van der Waals surface area contributed by atoms with Crippen LogP contribution in [0.1, 0.15) is 5.56 Å². The smallest absolute Gasteiger partial charge is 0.319 e. The lowest BCUT2D eigenvalue weighted by Gasteiger charge is -2.14. The number of benzene rings is 2. The first-order chi connectivity index (χ1) is 10.6. The van der Waals surface area contributed by atoms with Gasteiger partial charge in [0, 0.05) is 37.0 Å². The number of carbonyl (C=O) groups excluding carboxylic acids is 1. The zero-order valence-corrected chi connectivity index (χ0v) is 13.5. The van der Waals surface area contributed by atoms with E-state index in [1.165, 1.54) is 0 Å². The average Bonchev–Trinajstić information content (AvgIpc) is 2.49. The Hall–Kier alpha value is -2.20. The van der Waals surface area contributed by atoms with E-state index < -0.39 is 0 Å². The van der Waals surface area contributed by atoms with Crippen molar-refractivity contribution in [3.8, 4) is 0 Å². The van der Waals surface area contributed by atoms with Crippen molar-refractivity contribution in [2.75, 3.05) is 30.9 Å². The van der Waals surface area contributed by atoms with Crippen molar-refractivity contribution in [1.82, 2.24) is 5.32 Å². The number of amides is 2. The van der Waals surface area contributed by atoms with Gasteiger partial charge in [-0.15, -0.1) is 0 Å². The van der Waals surface area contributed by atoms with Crippen LogP contribution in [-0.2, 0) is 6.42 Å². The third-order valence-electron chi connectivity index (χ3n) is 3.26. The first kappa shape index (κ1) is 16.2. The standard InChI is InChI=1S/C17H20ClN3O/c1-21(2)15-8-5-7-14(12-15)20-17(22)19-11-10-13-6-3-4-9-16(13)18/h3-9,12H,10-11H2,1-2H3,(H2,19,20,22). The van der Waals surface area contributed by atoms with Gasteiger partial charge in [0.05, 0.1) is 0 Å². The Morgan fingerprint density at radius 1 is 1.14 bits per heavy atom. The van der Waals surface area contributed by atoms with E-state index in [0.29, 0.717) is 13.0 Å². The predicted octanol–water partition coefficient (Wildman–Crippen LogP) is 3.77. The molecule has 5 heteroatoms. The van der Waals surface area contributed by atoms with Crippen LogP contribution in [0.2, 0.25) is 5.02 Å². The molecule has 4 nitrogen and oxygen atoms in total. The Labute approximate surface area is 136 Å². The largest absolute Gasteiger partial charge is 0.378 e. The highest BCUT2D eigenvalue weighted by atomic mass is 35.5. The van der Waals surface area contributed by atoms with E-state index in [9.17, 15) is 4.79 Å². The molecular weight excluding hydrogens is 298 g/mol. The van der Waals surface area contributed by atoms with Crippen LogP contribution in [0.15, 0.2) is 48.5 Å². The molecule has 22 heavy (non-hydrogen) atoms. The van der Waals surface area contributed by atoms with Crippen LogP contribution in [0.5, 0.6) is 0 Å². The summed E-state index contributed by atoms with van der Waals surface area (Å²) in [6, 6.07) is 15.1. The van der Waals surface area contributed by atoms with Gasteiger partial charge >= 0.3 is 6.03 Å². The van der Waals surface area contributed by atoms with Crippen molar-refractivity contribution in [3.63, 3.8) is 0 Å². The molecular formula is C17H20ClN3O. The Morgan fingerprint density at radius 3 is 2.64 bits per heavy atom. The van der Waals surface area contributed by atoms with E-state index in [1.54, 1.807) is 0 Å². The maximum absolute atomic E-state index is 11.9. The quantitative estimate of drug-likeness (QED) is 0.881. The maximum atomic E-state index is 11.9. The minimum Gasteiger partial charge on any atom is -0.378 e. The fourth-order valence-corrected chi connectivity index (χ4v) is 2.28. The number of rotatable bonds is 5. The zero-order valence-electron chi connectivity index (χ0n) is 12.8. The number of halogens is 1. The Balaban J connectivity index is 1.83. The molecule has 0 aliphatic rings. The molecule has 2 amide bonds. The molecule has 0 heterocycles. The van der Waals surface area contributed by atoms with Crippen molar-refractivity contribution in [1.29, 1.82) is 0 Å². The first-order valence-electron chi connectivity index (χ1n) is 7.12. The SMILES string of the molecule is CN(C)c1cccc(NC(=O)NCCc2ccccc2Cl)c1. The lowest BCUT2D eigenvalue weighted by atomic mass is 10.1. The molecule has 0 saturated heterocycles. The summed E-state index contributed by atoms with van der Waals surface area (Å²) in [6.07, 6.45) is 0.699. The molecule has 0 bridgehead atoms. The molecule has 0 aromatic heterocycles. The monoisotopic (exact) mass is 317 g/mol. The summed E-state index contributed by atoms with van der Waals surface area (Å²) >= 11 is 6.08. The molecule has 116 valence electrons. The van der Waals surface area contributed by atoms with Crippen molar-refractivity contribution >= 4 is 29.0 Å². The molecule has 0 spiro atoms. The second-order valence-electron chi connectivity index (χ2n) is 5.17. The molecule has 2 rings (SSSR count). The molecule has 0 aliphatic carbocycles. The molecule has 0 saturated carbocycles. The molecule has 0 unspecified atom stereocenters. The molecule has 2 aromatic rings. The van der Waals surface area contributed by atoms with Crippen LogP contribution < -0.4 is 15.5 Å². The van der Waals surface area contributed by atoms with E-state index >= 15 is 0 Å². The maximum Gasteiger partial charge on any atom is 0.319 e. The van der Waals surface area contributed by atoms with E-state index in [1.807, 2.05) is 67.5 Å². The number of carbonyl (C=O) groups is 1. The van der Waals surface area contributed by atoms with Gasteiger partial charge in [-0.3, -0.25) is 0 Å². The fourth-order valence-electron chi connectivity index (χ4n) is 2.05. The highest BCUT2D eigenvalue weighted by Crippen LogP contribution is 2.17. The number of hydrogen-bond acceptors (Lipinski definition) is 2. The number of anilines is 2. The van der Waals surface area contributed by atoms with Gasteiger partial charge in [0.2, 0.25) is 0 Å². The number of nitrogens with one attached hydrogen (secondary N) is 2. The Morgan fingerprint density at radius 2 is 1.91 bits per heavy atom.